The van der Waals surface area contributed by atoms with Crippen molar-refractivity contribution >= 4 is 11.9 Å². The van der Waals surface area contributed by atoms with Crippen molar-refractivity contribution in [2.75, 3.05) is 13.2 Å². The molecule has 0 N–H and O–H groups in total. The highest BCUT2D eigenvalue weighted by atomic mass is 16.6. The number of aromatic nitrogens is 1. The average Bonchev–Trinajstić information content (AvgIpc) is 2.65. The Hall–Kier alpha value is -1.91. The van der Waals surface area contributed by atoms with Crippen molar-refractivity contribution < 1.29 is 19.1 Å². The van der Waals surface area contributed by atoms with Crippen molar-refractivity contribution in [2.24, 2.45) is 5.41 Å². The monoisotopic (exact) mass is 361 g/mol. The van der Waals surface area contributed by atoms with Crippen LogP contribution in [0.5, 0.6) is 0 Å². The molecule has 0 fully saturated rings. The molecule has 144 valence electrons. The molecule has 0 aromatic carbocycles. The highest BCUT2D eigenvalue weighted by Gasteiger charge is 2.53. The van der Waals surface area contributed by atoms with E-state index in [1.165, 1.54) is 24.8 Å². The van der Waals surface area contributed by atoms with Gasteiger partial charge in [-0.25, -0.2) is 0 Å². The molecule has 0 saturated heterocycles. The predicted molar refractivity (Wildman–Crippen MR) is 99.8 cm³/mol. The second-order valence-corrected chi connectivity index (χ2v) is 7.02. The molecule has 1 unspecified atom stereocenters. The second kappa shape index (κ2) is 9.70. The van der Waals surface area contributed by atoms with E-state index < -0.39 is 17.4 Å². The molecular weight excluding hydrogens is 330 g/mol. The van der Waals surface area contributed by atoms with Gasteiger partial charge < -0.3 is 9.47 Å². The number of fused-ring (bicyclic) bond motifs is 1. The Bertz CT molecular complexity index is 596. The van der Waals surface area contributed by atoms with Gasteiger partial charge in [0, 0.05) is 18.8 Å². The van der Waals surface area contributed by atoms with E-state index in [4.69, 9.17) is 9.47 Å². The Morgan fingerprint density at radius 2 is 1.81 bits per heavy atom. The van der Waals surface area contributed by atoms with Crippen molar-refractivity contribution in [3.63, 3.8) is 0 Å². The van der Waals surface area contributed by atoms with Crippen molar-refractivity contribution in [1.82, 2.24) is 4.98 Å². The maximum Gasteiger partial charge on any atom is 0.323 e. The molecule has 0 amide bonds. The van der Waals surface area contributed by atoms with E-state index >= 15 is 0 Å². The standard InChI is InChI=1S/C21H31NO4/c1-4-7-8-9-10-16-13-21(19(23)25-5-2,20(24)26-6-3)14-17-15-22-12-11-18(16)17/h11-12,15-16H,4-10,13-14H2,1-3H3. The van der Waals surface area contributed by atoms with E-state index in [2.05, 4.69) is 11.9 Å². The molecule has 0 radical (unpaired) electrons. The summed E-state index contributed by atoms with van der Waals surface area (Å²) in [7, 11) is 0. The van der Waals surface area contributed by atoms with E-state index in [1.807, 2.05) is 6.07 Å². The third-order valence-electron chi connectivity index (χ3n) is 5.21. The van der Waals surface area contributed by atoms with Crippen LogP contribution in [0.3, 0.4) is 0 Å². The molecule has 2 rings (SSSR count). The molecule has 0 saturated carbocycles. The third-order valence-corrected chi connectivity index (χ3v) is 5.21. The molecule has 1 aromatic heterocycles. The summed E-state index contributed by atoms with van der Waals surface area (Å²) in [6.07, 6.45) is 9.92. The summed E-state index contributed by atoms with van der Waals surface area (Å²) in [5, 5.41) is 0. The minimum absolute atomic E-state index is 0.146. The van der Waals surface area contributed by atoms with Crippen LogP contribution < -0.4 is 0 Å². The molecule has 5 nitrogen and oxygen atoms in total. The second-order valence-electron chi connectivity index (χ2n) is 7.02. The van der Waals surface area contributed by atoms with Gasteiger partial charge in [0.1, 0.15) is 0 Å². The number of pyridine rings is 1. The summed E-state index contributed by atoms with van der Waals surface area (Å²) in [4.78, 5) is 29.9. The Morgan fingerprint density at radius 3 is 2.42 bits per heavy atom. The molecule has 1 atom stereocenters. The van der Waals surface area contributed by atoms with E-state index in [9.17, 15) is 9.59 Å². The first-order chi connectivity index (χ1) is 12.6. The topological polar surface area (TPSA) is 65.5 Å². The number of carbonyl (C=O) groups excluding carboxylic acids is 2. The fourth-order valence-corrected chi connectivity index (χ4v) is 3.92. The summed E-state index contributed by atoms with van der Waals surface area (Å²) in [6.45, 7) is 6.21. The van der Waals surface area contributed by atoms with Gasteiger partial charge in [-0.15, -0.1) is 0 Å². The molecule has 1 aliphatic rings. The molecule has 0 spiro atoms. The van der Waals surface area contributed by atoms with Gasteiger partial charge in [-0.05, 0) is 49.8 Å². The van der Waals surface area contributed by atoms with Crippen LogP contribution in [0.1, 0.15) is 76.3 Å². The number of ether oxygens (including phenoxy) is 2. The summed E-state index contributed by atoms with van der Waals surface area (Å²) >= 11 is 0. The Kier molecular flexibility index (Phi) is 7.61. The first-order valence-electron chi connectivity index (χ1n) is 9.86. The van der Waals surface area contributed by atoms with Crippen molar-refractivity contribution in [1.29, 1.82) is 0 Å². The first-order valence-corrected chi connectivity index (χ1v) is 9.86. The number of esters is 2. The van der Waals surface area contributed by atoms with Crippen LogP contribution in [0.15, 0.2) is 18.5 Å². The normalized spacial score (nSPS) is 18.0. The number of nitrogens with zero attached hydrogens (tertiary/aromatic N) is 1. The lowest BCUT2D eigenvalue weighted by atomic mass is 9.66. The molecule has 0 aliphatic heterocycles. The third kappa shape index (κ3) is 4.43. The van der Waals surface area contributed by atoms with Gasteiger partial charge in [-0.1, -0.05) is 32.6 Å². The van der Waals surface area contributed by atoms with Crippen LogP contribution in [-0.2, 0) is 25.5 Å². The molecule has 1 aromatic rings. The zero-order valence-corrected chi connectivity index (χ0v) is 16.3. The van der Waals surface area contributed by atoms with Gasteiger partial charge in [-0.3, -0.25) is 14.6 Å². The van der Waals surface area contributed by atoms with Gasteiger partial charge in [-0.2, -0.15) is 0 Å². The van der Waals surface area contributed by atoms with Crippen LogP contribution >= 0.6 is 0 Å². The summed E-state index contributed by atoms with van der Waals surface area (Å²) in [5.41, 5.74) is 0.915. The van der Waals surface area contributed by atoms with E-state index in [1.54, 1.807) is 26.2 Å². The average molecular weight is 361 g/mol. The molecule has 1 aliphatic carbocycles. The van der Waals surface area contributed by atoms with Crippen LogP contribution in [0.25, 0.3) is 0 Å². The van der Waals surface area contributed by atoms with E-state index in [-0.39, 0.29) is 19.1 Å². The number of carbonyl (C=O) groups is 2. The van der Waals surface area contributed by atoms with Crippen molar-refractivity contribution in [3.8, 4) is 0 Å². The Morgan fingerprint density at radius 1 is 1.12 bits per heavy atom. The van der Waals surface area contributed by atoms with Crippen LogP contribution in [-0.4, -0.2) is 30.1 Å². The molecule has 26 heavy (non-hydrogen) atoms. The smallest absolute Gasteiger partial charge is 0.323 e. The van der Waals surface area contributed by atoms with Gasteiger partial charge in [0.05, 0.1) is 13.2 Å². The zero-order chi connectivity index (χ0) is 19.0. The maximum absolute atomic E-state index is 12.8. The van der Waals surface area contributed by atoms with Crippen LogP contribution in [0, 0.1) is 5.41 Å². The highest BCUT2D eigenvalue weighted by Crippen LogP contribution is 2.46. The summed E-state index contributed by atoms with van der Waals surface area (Å²) in [6, 6.07) is 2.03. The molecule has 5 heteroatoms. The lowest BCUT2D eigenvalue weighted by molar-refractivity contribution is -0.173. The van der Waals surface area contributed by atoms with E-state index in [0.29, 0.717) is 12.8 Å². The van der Waals surface area contributed by atoms with Gasteiger partial charge >= 0.3 is 11.9 Å². The van der Waals surface area contributed by atoms with Crippen molar-refractivity contribution in [3.05, 3.63) is 29.6 Å². The van der Waals surface area contributed by atoms with Gasteiger partial charge in [0.2, 0.25) is 0 Å². The number of hydrogen-bond acceptors (Lipinski definition) is 5. The lowest BCUT2D eigenvalue weighted by Crippen LogP contribution is -2.47. The first kappa shape index (κ1) is 20.4. The Labute approximate surface area is 156 Å². The molecule has 1 heterocycles. The zero-order valence-electron chi connectivity index (χ0n) is 16.3. The number of hydrogen-bond donors (Lipinski definition) is 0. The summed E-state index contributed by atoms with van der Waals surface area (Å²) in [5.74, 6) is -0.787. The fourth-order valence-electron chi connectivity index (χ4n) is 3.92. The van der Waals surface area contributed by atoms with E-state index in [0.717, 1.165) is 18.4 Å². The lowest BCUT2D eigenvalue weighted by Gasteiger charge is -2.38. The van der Waals surface area contributed by atoms with Crippen molar-refractivity contribution in [2.45, 2.75) is 71.6 Å². The summed E-state index contributed by atoms with van der Waals surface area (Å²) < 4.78 is 10.6. The van der Waals surface area contributed by atoms with Crippen LogP contribution in [0.4, 0.5) is 0 Å². The Balaban J connectivity index is 2.34. The van der Waals surface area contributed by atoms with Gasteiger partial charge in [0.15, 0.2) is 5.41 Å². The SMILES string of the molecule is CCCCCCC1CC(C(=O)OCC)(C(=O)OCC)Cc2cnccc21. The van der Waals surface area contributed by atoms with Crippen LogP contribution in [0.2, 0.25) is 0 Å². The molecular formula is C21H31NO4. The number of rotatable bonds is 9. The predicted octanol–water partition coefficient (Wildman–Crippen LogP) is 4.19. The molecule has 0 bridgehead atoms. The quantitative estimate of drug-likeness (QED) is 0.375. The minimum atomic E-state index is -1.25. The number of unbranched alkanes of at least 4 members (excludes halogenated alkanes) is 3. The highest BCUT2D eigenvalue weighted by molar-refractivity contribution is 6.00. The largest absolute Gasteiger partial charge is 0.465 e. The maximum atomic E-state index is 12.8. The van der Waals surface area contributed by atoms with Gasteiger partial charge in [0.25, 0.3) is 0 Å². The fraction of sp³-hybridized carbons (Fsp3) is 0.667. The minimum Gasteiger partial charge on any atom is -0.465 e.